The van der Waals surface area contributed by atoms with Gasteiger partial charge in [0.05, 0.1) is 11.1 Å². The molecule has 0 amide bonds. The number of hydrogen-bond donors (Lipinski definition) is 2. The number of aromatic carboxylic acids is 1. The molecule has 0 aliphatic carbocycles. The number of piperidine rings is 1. The minimum atomic E-state index is -1.01. The topological polar surface area (TPSA) is 91.5 Å². The summed E-state index contributed by atoms with van der Waals surface area (Å²) in [5, 5.41) is 15.6. The lowest BCUT2D eigenvalue weighted by Crippen LogP contribution is -2.67. The second-order valence-electron chi connectivity index (χ2n) is 6.18. The van der Waals surface area contributed by atoms with Crippen molar-refractivity contribution in [1.82, 2.24) is 15.3 Å². The molecule has 3 fully saturated rings. The number of anilines is 1. The van der Waals surface area contributed by atoms with Crippen molar-refractivity contribution < 1.29 is 14.3 Å². The van der Waals surface area contributed by atoms with Gasteiger partial charge in [0.2, 0.25) is 0 Å². The highest BCUT2D eigenvalue weighted by atomic mass is 32.1. The first kappa shape index (κ1) is 13.9. The van der Waals surface area contributed by atoms with Crippen LogP contribution in [-0.2, 0) is 0 Å². The highest BCUT2D eigenvalue weighted by Crippen LogP contribution is 2.36. The molecule has 0 spiro atoms. The van der Waals surface area contributed by atoms with Crippen molar-refractivity contribution in [3.05, 3.63) is 29.3 Å². The molecule has 2 atom stereocenters. The summed E-state index contributed by atoms with van der Waals surface area (Å²) in [6.45, 7) is 1.66. The van der Waals surface area contributed by atoms with Crippen LogP contribution in [0.5, 0.6) is 0 Å². The van der Waals surface area contributed by atoms with Crippen LogP contribution in [0, 0.1) is 0 Å². The smallest absolute Gasteiger partial charge is 0.338 e. The second-order valence-corrected chi connectivity index (χ2v) is 7.07. The minimum Gasteiger partial charge on any atom is -0.478 e. The molecule has 122 valence electrons. The molecule has 2 unspecified atom stereocenters. The van der Waals surface area contributed by atoms with Crippen molar-refractivity contribution >= 4 is 34.4 Å². The Hall–Kier alpha value is -2.45. The Morgan fingerprint density at radius 3 is 2.83 bits per heavy atom. The zero-order chi connectivity index (χ0) is 16.3. The Morgan fingerprint density at radius 2 is 2.17 bits per heavy atom. The van der Waals surface area contributed by atoms with Gasteiger partial charge in [-0.3, -0.25) is 0 Å². The van der Waals surface area contributed by atoms with Gasteiger partial charge in [-0.25, -0.2) is 9.78 Å². The van der Waals surface area contributed by atoms with Gasteiger partial charge in [-0.05, 0) is 18.6 Å². The molecule has 3 aromatic rings. The largest absolute Gasteiger partial charge is 0.478 e. The average molecular weight is 342 g/mol. The molecular formula is C16H14N4O3S. The first-order valence-electron chi connectivity index (χ1n) is 7.77. The maximum absolute atomic E-state index is 11.5. The molecular weight excluding hydrogens is 328 g/mol. The fraction of sp³-hybridized carbons (Fsp3) is 0.312. The van der Waals surface area contributed by atoms with Crippen LogP contribution in [0.25, 0.3) is 21.7 Å². The maximum atomic E-state index is 11.5. The lowest BCUT2D eigenvalue weighted by Gasteiger charge is -2.47. The van der Waals surface area contributed by atoms with Gasteiger partial charge in [-0.2, -0.15) is 4.98 Å². The third-order valence-corrected chi connectivity index (χ3v) is 5.42. The van der Waals surface area contributed by atoms with Crippen molar-refractivity contribution in [3.8, 4) is 10.6 Å². The number of aromatic nitrogens is 2. The van der Waals surface area contributed by atoms with Gasteiger partial charge in [0, 0.05) is 36.8 Å². The number of benzene rings is 1. The van der Waals surface area contributed by atoms with Crippen molar-refractivity contribution in [2.75, 3.05) is 18.0 Å². The van der Waals surface area contributed by atoms with Crippen molar-refractivity contribution in [2.24, 2.45) is 0 Å². The standard InChI is InChI=1S/C16H14N4O3S/c21-15(22)10-1-2-11(14-17-3-4-24-14)13-12(10)19-16(23-13)20-6-8-5-9(7-20)18-8/h1-4,8-9,18H,5-7H2,(H,21,22). The molecule has 3 aliphatic rings. The van der Waals surface area contributed by atoms with E-state index in [0.717, 1.165) is 23.7 Å². The van der Waals surface area contributed by atoms with Crippen LogP contribution in [0.3, 0.4) is 0 Å². The summed E-state index contributed by atoms with van der Waals surface area (Å²) < 4.78 is 6.01. The minimum absolute atomic E-state index is 0.153. The molecule has 2 aromatic heterocycles. The zero-order valence-electron chi connectivity index (χ0n) is 12.6. The van der Waals surface area contributed by atoms with E-state index in [1.807, 2.05) is 5.38 Å². The number of thiazole rings is 1. The molecule has 5 heterocycles. The number of nitrogens with one attached hydrogen (secondary N) is 1. The van der Waals surface area contributed by atoms with Crippen LogP contribution in [-0.4, -0.2) is 46.2 Å². The summed E-state index contributed by atoms with van der Waals surface area (Å²) in [4.78, 5) is 22.5. The zero-order valence-corrected chi connectivity index (χ0v) is 13.4. The number of oxazole rings is 1. The van der Waals surface area contributed by atoms with E-state index >= 15 is 0 Å². The molecule has 3 saturated heterocycles. The van der Waals surface area contributed by atoms with Gasteiger partial charge in [-0.15, -0.1) is 11.3 Å². The highest BCUT2D eigenvalue weighted by molar-refractivity contribution is 7.13. The summed E-state index contributed by atoms with van der Waals surface area (Å²) in [6.07, 6.45) is 2.90. The fourth-order valence-corrected chi connectivity index (χ4v) is 4.16. The first-order chi connectivity index (χ1) is 11.7. The van der Waals surface area contributed by atoms with Crippen molar-refractivity contribution in [3.63, 3.8) is 0 Å². The monoisotopic (exact) mass is 342 g/mol. The summed E-state index contributed by atoms with van der Waals surface area (Å²) >= 11 is 1.49. The van der Waals surface area contributed by atoms with Crippen LogP contribution in [0.15, 0.2) is 28.1 Å². The van der Waals surface area contributed by atoms with Gasteiger partial charge < -0.3 is 19.7 Å². The number of carbonyl (C=O) groups is 1. The summed E-state index contributed by atoms with van der Waals surface area (Å²) in [6, 6.07) is 4.75. The van der Waals surface area contributed by atoms with Crippen molar-refractivity contribution in [1.29, 1.82) is 0 Å². The van der Waals surface area contributed by atoms with Crippen molar-refractivity contribution in [2.45, 2.75) is 18.5 Å². The SMILES string of the molecule is O=C(O)c1ccc(-c2nccs2)c2oc(N3CC4CC(C3)N4)nc12. The lowest BCUT2D eigenvalue weighted by atomic mass is 9.92. The molecule has 8 heteroatoms. The molecule has 0 saturated carbocycles. The Labute approximate surface area is 140 Å². The van der Waals surface area contributed by atoms with E-state index in [-0.39, 0.29) is 5.56 Å². The molecule has 2 bridgehead atoms. The van der Waals surface area contributed by atoms with Crippen LogP contribution >= 0.6 is 11.3 Å². The third kappa shape index (κ3) is 2.03. The quantitative estimate of drug-likeness (QED) is 0.754. The number of rotatable bonds is 3. The van der Waals surface area contributed by atoms with Crippen LogP contribution in [0.2, 0.25) is 0 Å². The normalized spacial score (nSPS) is 22.6. The summed E-state index contributed by atoms with van der Waals surface area (Å²) in [5.41, 5.74) is 1.81. The fourth-order valence-electron chi connectivity index (χ4n) is 3.50. The Morgan fingerprint density at radius 1 is 1.38 bits per heavy atom. The van der Waals surface area contributed by atoms with E-state index in [4.69, 9.17) is 4.42 Å². The Bertz CT molecular complexity index is 920. The molecule has 24 heavy (non-hydrogen) atoms. The summed E-state index contributed by atoms with van der Waals surface area (Å²) in [5.74, 6) is -1.01. The van der Waals surface area contributed by atoms with Crippen LogP contribution in [0.4, 0.5) is 6.01 Å². The highest BCUT2D eigenvalue weighted by Gasteiger charge is 2.38. The predicted octanol–water partition coefficient (Wildman–Crippen LogP) is 2.20. The van der Waals surface area contributed by atoms with E-state index in [1.165, 1.54) is 17.8 Å². The number of piperazine rings is 1. The molecule has 3 aliphatic heterocycles. The Balaban J connectivity index is 1.66. The van der Waals surface area contributed by atoms with E-state index in [9.17, 15) is 9.90 Å². The number of carboxylic acid groups (broad SMARTS) is 1. The number of nitrogens with zero attached hydrogens (tertiary/aromatic N) is 3. The number of carboxylic acids is 1. The van der Waals surface area contributed by atoms with E-state index in [2.05, 4.69) is 20.2 Å². The molecule has 0 radical (unpaired) electrons. The summed E-state index contributed by atoms with van der Waals surface area (Å²) in [7, 11) is 0. The van der Waals surface area contributed by atoms with E-state index in [0.29, 0.717) is 29.2 Å². The van der Waals surface area contributed by atoms with Gasteiger partial charge >= 0.3 is 5.97 Å². The van der Waals surface area contributed by atoms with Gasteiger partial charge in [0.15, 0.2) is 5.58 Å². The van der Waals surface area contributed by atoms with Crippen LogP contribution in [0.1, 0.15) is 16.8 Å². The Kier molecular flexibility index (Phi) is 2.92. The van der Waals surface area contributed by atoms with Gasteiger partial charge in [-0.1, -0.05) is 0 Å². The first-order valence-corrected chi connectivity index (χ1v) is 8.64. The van der Waals surface area contributed by atoms with Crippen LogP contribution < -0.4 is 10.2 Å². The van der Waals surface area contributed by atoms with E-state index < -0.39 is 5.97 Å². The number of hydrogen-bond acceptors (Lipinski definition) is 7. The maximum Gasteiger partial charge on any atom is 0.338 e. The number of fused-ring (bicyclic) bond motifs is 3. The third-order valence-electron chi connectivity index (χ3n) is 4.62. The predicted molar refractivity (Wildman–Crippen MR) is 89.6 cm³/mol. The average Bonchev–Trinajstić information content (AvgIpc) is 3.23. The second kappa shape index (κ2) is 5.02. The molecule has 1 aromatic carbocycles. The molecule has 2 N–H and O–H groups in total. The lowest BCUT2D eigenvalue weighted by molar-refractivity contribution is 0.0699. The molecule has 6 rings (SSSR count). The van der Waals surface area contributed by atoms with Gasteiger partial charge in [0.1, 0.15) is 10.5 Å². The van der Waals surface area contributed by atoms with E-state index in [1.54, 1.807) is 18.3 Å². The van der Waals surface area contributed by atoms with Gasteiger partial charge in [0.25, 0.3) is 6.01 Å². The molecule has 7 nitrogen and oxygen atoms in total.